The number of hydrogen-bond donors (Lipinski definition) is 2. The summed E-state index contributed by atoms with van der Waals surface area (Å²) in [5.41, 5.74) is 6.04. The van der Waals surface area contributed by atoms with Crippen LogP contribution in [0.5, 0.6) is 0 Å². The van der Waals surface area contributed by atoms with E-state index in [1.54, 1.807) is 11.3 Å². The van der Waals surface area contributed by atoms with Crippen molar-refractivity contribution in [3.63, 3.8) is 0 Å². The monoisotopic (exact) mass is 219 g/mol. The van der Waals surface area contributed by atoms with E-state index in [1.165, 1.54) is 11.1 Å². The second kappa shape index (κ2) is 4.53. The van der Waals surface area contributed by atoms with Gasteiger partial charge < -0.3 is 0 Å². The first-order chi connectivity index (χ1) is 7.31. The van der Waals surface area contributed by atoms with Gasteiger partial charge in [0.25, 0.3) is 0 Å². The van der Waals surface area contributed by atoms with Gasteiger partial charge in [0.1, 0.15) is 5.01 Å². The van der Waals surface area contributed by atoms with E-state index in [4.69, 9.17) is 5.84 Å². The van der Waals surface area contributed by atoms with Crippen LogP contribution in [0.25, 0.3) is 10.6 Å². The van der Waals surface area contributed by atoms with Crippen molar-refractivity contribution < 1.29 is 0 Å². The lowest BCUT2D eigenvalue weighted by molar-refractivity contribution is 0.727. The van der Waals surface area contributed by atoms with Crippen molar-refractivity contribution in [2.75, 3.05) is 0 Å². The highest BCUT2D eigenvalue weighted by Crippen LogP contribution is 2.26. The molecule has 1 heterocycles. The molecule has 3 N–H and O–H groups in total. The average Bonchev–Trinajstić information content (AvgIpc) is 2.68. The van der Waals surface area contributed by atoms with Crippen LogP contribution in [0.1, 0.15) is 11.3 Å². The molecule has 0 spiro atoms. The minimum Gasteiger partial charge on any atom is -0.271 e. The Labute approximate surface area is 92.9 Å². The van der Waals surface area contributed by atoms with Gasteiger partial charge in [-0.05, 0) is 12.5 Å². The number of aryl methyl sites for hydroxylation is 1. The largest absolute Gasteiger partial charge is 0.271 e. The fourth-order valence-corrected chi connectivity index (χ4v) is 2.34. The molecule has 0 fully saturated rings. The number of hydrogen-bond acceptors (Lipinski definition) is 4. The molecule has 1 aromatic carbocycles. The summed E-state index contributed by atoms with van der Waals surface area (Å²) in [6.07, 6.45) is 0. The van der Waals surface area contributed by atoms with Crippen LogP contribution in [0.3, 0.4) is 0 Å². The van der Waals surface area contributed by atoms with E-state index in [0.717, 1.165) is 10.7 Å². The molecule has 1 aromatic heterocycles. The standard InChI is InChI=1S/C11H13N3S/c1-8-4-2-3-5-10(8)11-14-9(6-13-12)7-15-11/h2-5,7,13H,6,12H2,1H3. The molecule has 0 aliphatic rings. The molecule has 0 aliphatic heterocycles. The molecule has 2 rings (SSSR count). The fraction of sp³-hybridized carbons (Fsp3) is 0.182. The van der Waals surface area contributed by atoms with Crippen molar-refractivity contribution in [2.45, 2.75) is 13.5 Å². The number of rotatable bonds is 3. The molecule has 0 unspecified atom stereocenters. The van der Waals surface area contributed by atoms with Crippen LogP contribution in [-0.2, 0) is 6.54 Å². The van der Waals surface area contributed by atoms with E-state index in [2.05, 4.69) is 29.5 Å². The van der Waals surface area contributed by atoms with Crippen molar-refractivity contribution in [3.8, 4) is 10.6 Å². The zero-order valence-electron chi connectivity index (χ0n) is 8.53. The van der Waals surface area contributed by atoms with Gasteiger partial charge in [-0.25, -0.2) is 4.98 Å². The lowest BCUT2D eigenvalue weighted by atomic mass is 10.1. The van der Waals surface area contributed by atoms with Gasteiger partial charge in [0.05, 0.1) is 12.2 Å². The third-order valence-corrected chi connectivity index (χ3v) is 3.13. The van der Waals surface area contributed by atoms with Gasteiger partial charge in [-0.15, -0.1) is 11.3 Å². The van der Waals surface area contributed by atoms with Gasteiger partial charge in [0, 0.05) is 10.9 Å². The summed E-state index contributed by atoms with van der Waals surface area (Å²) in [4.78, 5) is 4.51. The number of nitrogens with two attached hydrogens (primary N) is 1. The Morgan fingerprint density at radius 2 is 2.20 bits per heavy atom. The summed E-state index contributed by atoms with van der Waals surface area (Å²) in [7, 11) is 0. The third kappa shape index (κ3) is 2.23. The maximum atomic E-state index is 5.25. The Hall–Kier alpha value is -1.23. The zero-order valence-corrected chi connectivity index (χ0v) is 9.34. The Morgan fingerprint density at radius 1 is 1.40 bits per heavy atom. The summed E-state index contributed by atoms with van der Waals surface area (Å²) >= 11 is 1.65. The Kier molecular flexibility index (Phi) is 3.11. The first-order valence-electron chi connectivity index (χ1n) is 4.75. The van der Waals surface area contributed by atoms with Crippen LogP contribution in [0.4, 0.5) is 0 Å². The van der Waals surface area contributed by atoms with Crippen molar-refractivity contribution in [1.82, 2.24) is 10.4 Å². The van der Waals surface area contributed by atoms with Crippen LogP contribution >= 0.6 is 11.3 Å². The topological polar surface area (TPSA) is 50.9 Å². The maximum absolute atomic E-state index is 5.25. The lowest BCUT2D eigenvalue weighted by Crippen LogP contribution is -2.20. The fourth-order valence-electron chi connectivity index (χ4n) is 1.43. The predicted octanol–water partition coefficient (Wildman–Crippen LogP) is 2.08. The Bertz CT molecular complexity index is 451. The lowest BCUT2D eigenvalue weighted by Gasteiger charge is -2.00. The van der Waals surface area contributed by atoms with Gasteiger partial charge in [-0.2, -0.15) is 0 Å². The highest BCUT2D eigenvalue weighted by atomic mass is 32.1. The molecule has 0 atom stereocenters. The SMILES string of the molecule is Cc1ccccc1-c1nc(CNN)cs1. The zero-order chi connectivity index (χ0) is 10.7. The summed E-state index contributed by atoms with van der Waals surface area (Å²) in [5.74, 6) is 5.25. The molecule has 4 heteroatoms. The van der Waals surface area contributed by atoms with Crippen LogP contribution in [0.2, 0.25) is 0 Å². The van der Waals surface area contributed by atoms with Gasteiger partial charge in [0.15, 0.2) is 0 Å². The first-order valence-corrected chi connectivity index (χ1v) is 5.63. The molecule has 0 radical (unpaired) electrons. The predicted molar refractivity (Wildman–Crippen MR) is 63.3 cm³/mol. The molecule has 0 saturated heterocycles. The number of benzene rings is 1. The minimum absolute atomic E-state index is 0.613. The van der Waals surface area contributed by atoms with Crippen LogP contribution in [0.15, 0.2) is 29.6 Å². The van der Waals surface area contributed by atoms with Crippen molar-refractivity contribution >= 4 is 11.3 Å². The van der Waals surface area contributed by atoms with Crippen LogP contribution in [-0.4, -0.2) is 4.98 Å². The van der Waals surface area contributed by atoms with E-state index >= 15 is 0 Å². The van der Waals surface area contributed by atoms with E-state index < -0.39 is 0 Å². The van der Waals surface area contributed by atoms with E-state index in [1.807, 2.05) is 17.5 Å². The van der Waals surface area contributed by atoms with Crippen LogP contribution < -0.4 is 11.3 Å². The van der Waals surface area contributed by atoms with Crippen LogP contribution in [0, 0.1) is 6.92 Å². The summed E-state index contributed by atoms with van der Waals surface area (Å²) in [6.45, 7) is 2.71. The van der Waals surface area contributed by atoms with Crippen molar-refractivity contribution in [3.05, 3.63) is 40.9 Å². The van der Waals surface area contributed by atoms with Gasteiger partial charge in [0.2, 0.25) is 0 Å². The number of nitrogens with zero attached hydrogens (tertiary/aromatic N) is 1. The number of aromatic nitrogens is 1. The first kappa shape index (κ1) is 10.3. The Morgan fingerprint density at radius 3 is 2.93 bits per heavy atom. The third-order valence-electron chi connectivity index (χ3n) is 2.21. The molecule has 3 nitrogen and oxygen atoms in total. The van der Waals surface area contributed by atoms with E-state index in [9.17, 15) is 0 Å². The average molecular weight is 219 g/mol. The molecule has 15 heavy (non-hydrogen) atoms. The van der Waals surface area contributed by atoms with Gasteiger partial charge >= 0.3 is 0 Å². The van der Waals surface area contributed by atoms with Crippen molar-refractivity contribution in [1.29, 1.82) is 0 Å². The summed E-state index contributed by atoms with van der Waals surface area (Å²) in [6, 6.07) is 8.25. The summed E-state index contributed by atoms with van der Waals surface area (Å²) in [5, 5.41) is 3.08. The van der Waals surface area contributed by atoms with Gasteiger partial charge in [-0.3, -0.25) is 11.3 Å². The minimum atomic E-state index is 0.613. The highest BCUT2D eigenvalue weighted by Gasteiger charge is 2.05. The number of thiazole rings is 1. The molecule has 0 aliphatic carbocycles. The number of nitrogens with one attached hydrogen (secondary N) is 1. The summed E-state index contributed by atoms with van der Waals surface area (Å²) < 4.78 is 0. The maximum Gasteiger partial charge on any atom is 0.123 e. The molecular formula is C11H13N3S. The second-order valence-electron chi connectivity index (χ2n) is 3.34. The highest BCUT2D eigenvalue weighted by molar-refractivity contribution is 7.13. The molecule has 2 aromatic rings. The molecule has 0 bridgehead atoms. The number of hydrazine groups is 1. The molecule has 78 valence electrons. The molecular weight excluding hydrogens is 206 g/mol. The normalized spacial score (nSPS) is 10.5. The Balaban J connectivity index is 2.33. The quantitative estimate of drug-likeness (QED) is 0.614. The second-order valence-corrected chi connectivity index (χ2v) is 4.20. The van der Waals surface area contributed by atoms with E-state index in [0.29, 0.717) is 6.54 Å². The van der Waals surface area contributed by atoms with E-state index in [-0.39, 0.29) is 0 Å². The molecule has 0 saturated carbocycles. The molecule has 0 amide bonds. The van der Waals surface area contributed by atoms with Gasteiger partial charge in [-0.1, -0.05) is 24.3 Å². The van der Waals surface area contributed by atoms with Crippen molar-refractivity contribution in [2.24, 2.45) is 5.84 Å². The smallest absolute Gasteiger partial charge is 0.123 e.